The zero-order valence-electron chi connectivity index (χ0n) is 11.5. The third-order valence-electron chi connectivity index (χ3n) is 3.32. The molecular weight excluding hydrogens is 252 g/mol. The van der Waals surface area contributed by atoms with Gasteiger partial charge in [0, 0.05) is 18.7 Å². The van der Waals surface area contributed by atoms with Crippen molar-refractivity contribution in [3.63, 3.8) is 0 Å². The number of aromatic nitrogens is 2. The van der Waals surface area contributed by atoms with Crippen LogP contribution in [0.3, 0.4) is 0 Å². The van der Waals surface area contributed by atoms with Gasteiger partial charge in [0.15, 0.2) is 0 Å². The van der Waals surface area contributed by atoms with Gasteiger partial charge < -0.3 is 15.1 Å². The molecule has 104 valence electrons. The predicted molar refractivity (Wildman–Crippen MR) is 79.4 cm³/mol. The molecule has 0 atom stereocenters. The van der Waals surface area contributed by atoms with Gasteiger partial charge in [0.1, 0.15) is 0 Å². The minimum Gasteiger partial charge on any atom is -0.403 e. The van der Waals surface area contributed by atoms with Crippen LogP contribution in [0.1, 0.15) is 18.9 Å². The normalized spacial score (nSPS) is 14.9. The zero-order chi connectivity index (χ0) is 13.8. The minimum atomic E-state index is 0.465. The second kappa shape index (κ2) is 5.88. The van der Waals surface area contributed by atoms with Gasteiger partial charge in [0.2, 0.25) is 5.89 Å². The molecule has 0 bridgehead atoms. The number of anilines is 1. The quantitative estimate of drug-likeness (QED) is 0.894. The molecule has 2 N–H and O–H groups in total. The third-order valence-corrected chi connectivity index (χ3v) is 3.32. The molecule has 2 aromatic rings. The standard InChI is InChI=1S/C15H18N4O/c1-2-17-15-19-18-14(20-15)13-5-3-11(4-6-13)12-7-9-16-10-8-12/h3-7,16H,2,8-10H2,1H3,(H,17,19). The highest BCUT2D eigenvalue weighted by molar-refractivity contribution is 5.69. The Morgan fingerprint density at radius 1 is 1.20 bits per heavy atom. The van der Waals surface area contributed by atoms with Crippen molar-refractivity contribution in [3.8, 4) is 11.5 Å². The molecule has 0 amide bonds. The molecule has 1 aromatic carbocycles. The van der Waals surface area contributed by atoms with Crippen LogP contribution in [0, 0.1) is 0 Å². The van der Waals surface area contributed by atoms with Crippen molar-refractivity contribution in [1.82, 2.24) is 15.5 Å². The van der Waals surface area contributed by atoms with Crippen molar-refractivity contribution in [1.29, 1.82) is 0 Å². The molecule has 0 unspecified atom stereocenters. The lowest BCUT2D eigenvalue weighted by Crippen LogP contribution is -2.19. The van der Waals surface area contributed by atoms with E-state index in [0.29, 0.717) is 11.9 Å². The maximum Gasteiger partial charge on any atom is 0.315 e. The number of rotatable bonds is 4. The van der Waals surface area contributed by atoms with Crippen molar-refractivity contribution in [2.24, 2.45) is 0 Å². The van der Waals surface area contributed by atoms with Gasteiger partial charge >= 0.3 is 6.01 Å². The molecule has 1 aliphatic rings. The van der Waals surface area contributed by atoms with Gasteiger partial charge in [-0.1, -0.05) is 23.3 Å². The maximum atomic E-state index is 5.54. The first-order chi connectivity index (χ1) is 9.86. The SMILES string of the molecule is CCNc1nnc(-c2ccc(C3=CCNCC3)cc2)o1. The van der Waals surface area contributed by atoms with Crippen molar-refractivity contribution in [2.75, 3.05) is 25.0 Å². The van der Waals surface area contributed by atoms with Gasteiger partial charge in [-0.05, 0) is 43.2 Å². The third kappa shape index (κ3) is 2.72. The van der Waals surface area contributed by atoms with Crippen LogP contribution in [-0.2, 0) is 0 Å². The van der Waals surface area contributed by atoms with E-state index in [1.54, 1.807) is 0 Å². The summed E-state index contributed by atoms with van der Waals surface area (Å²) in [6.07, 6.45) is 3.32. The van der Waals surface area contributed by atoms with E-state index in [-0.39, 0.29) is 0 Å². The summed E-state index contributed by atoms with van der Waals surface area (Å²) >= 11 is 0. The predicted octanol–water partition coefficient (Wildman–Crippen LogP) is 2.55. The number of nitrogens with one attached hydrogen (secondary N) is 2. The van der Waals surface area contributed by atoms with Crippen LogP contribution in [0.2, 0.25) is 0 Å². The fraction of sp³-hybridized carbons (Fsp3) is 0.333. The molecule has 5 nitrogen and oxygen atoms in total. The monoisotopic (exact) mass is 270 g/mol. The number of hydrogen-bond acceptors (Lipinski definition) is 5. The average Bonchev–Trinajstić information content (AvgIpc) is 2.97. The van der Waals surface area contributed by atoms with Crippen LogP contribution >= 0.6 is 0 Å². The Balaban J connectivity index is 1.79. The Bertz CT molecular complexity index is 601. The van der Waals surface area contributed by atoms with Crippen LogP contribution < -0.4 is 10.6 Å². The van der Waals surface area contributed by atoms with E-state index in [2.05, 4.69) is 39.0 Å². The van der Waals surface area contributed by atoms with Crippen LogP contribution in [0.25, 0.3) is 17.0 Å². The molecule has 20 heavy (non-hydrogen) atoms. The van der Waals surface area contributed by atoms with E-state index in [1.807, 2.05) is 19.1 Å². The Hall–Kier alpha value is -2.14. The summed E-state index contributed by atoms with van der Waals surface area (Å²) in [4.78, 5) is 0. The lowest BCUT2D eigenvalue weighted by molar-refractivity contribution is 0.582. The van der Waals surface area contributed by atoms with Crippen LogP contribution in [0.4, 0.5) is 6.01 Å². The first-order valence-electron chi connectivity index (χ1n) is 6.95. The molecule has 0 saturated carbocycles. The van der Waals surface area contributed by atoms with Gasteiger partial charge in [-0.15, -0.1) is 5.10 Å². The summed E-state index contributed by atoms with van der Waals surface area (Å²) in [5.74, 6) is 0.548. The van der Waals surface area contributed by atoms with E-state index in [9.17, 15) is 0 Å². The van der Waals surface area contributed by atoms with Gasteiger partial charge in [0.25, 0.3) is 0 Å². The molecular formula is C15H18N4O. The van der Waals surface area contributed by atoms with E-state index in [4.69, 9.17) is 4.42 Å². The van der Waals surface area contributed by atoms with E-state index >= 15 is 0 Å². The van der Waals surface area contributed by atoms with Crippen LogP contribution in [0.5, 0.6) is 0 Å². The molecule has 3 rings (SSSR count). The Kier molecular flexibility index (Phi) is 3.78. The molecule has 0 fully saturated rings. The van der Waals surface area contributed by atoms with Crippen molar-refractivity contribution in [2.45, 2.75) is 13.3 Å². The topological polar surface area (TPSA) is 63.0 Å². The highest BCUT2D eigenvalue weighted by atomic mass is 16.4. The van der Waals surface area contributed by atoms with Gasteiger partial charge in [-0.25, -0.2) is 0 Å². The first kappa shape index (κ1) is 12.9. The van der Waals surface area contributed by atoms with E-state index < -0.39 is 0 Å². The molecule has 5 heteroatoms. The lowest BCUT2D eigenvalue weighted by Gasteiger charge is -2.14. The molecule has 0 radical (unpaired) electrons. The lowest BCUT2D eigenvalue weighted by atomic mass is 9.99. The number of benzene rings is 1. The average molecular weight is 270 g/mol. The summed E-state index contributed by atoms with van der Waals surface area (Å²) in [5, 5.41) is 14.3. The summed E-state index contributed by atoms with van der Waals surface area (Å²) in [6.45, 7) is 4.75. The molecule has 1 aromatic heterocycles. The van der Waals surface area contributed by atoms with E-state index in [1.165, 1.54) is 11.1 Å². The number of hydrogen-bond donors (Lipinski definition) is 2. The van der Waals surface area contributed by atoms with Crippen LogP contribution in [0.15, 0.2) is 34.8 Å². The van der Waals surface area contributed by atoms with Crippen molar-refractivity contribution >= 4 is 11.6 Å². The molecule has 0 aliphatic carbocycles. The van der Waals surface area contributed by atoms with Crippen LogP contribution in [-0.4, -0.2) is 29.8 Å². The van der Waals surface area contributed by atoms with E-state index in [0.717, 1.165) is 31.6 Å². The van der Waals surface area contributed by atoms with Gasteiger partial charge in [-0.3, -0.25) is 0 Å². The van der Waals surface area contributed by atoms with Gasteiger partial charge in [-0.2, -0.15) is 0 Å². The van der Waals surface area contributed by atoms with Gasteiger partial charge in [0.05, 0.1) is 0 Å². The summed E-state index contributed by atoms with van der Waals surface area (Å²) < 4.78 is 5.54. The molecule has 1 aliphatic heterocycles. The Morgan fingerprint density at radius 2 is 2.00 bits per heavy atom. The summed E-state index contributed by atoms with van der Waals surface area (Å²) in [7, 11) is 0. The Labute approximate surface area is 118 Å². The summed E-state index contributed by atoms with van der Waals surface area (Å²) in [5.41, 5.74) is 3.61. The number of nitrogens with zero attached hydrogens (tertiary/aromatic N) is 2. The molecule has 2 heterocycles. The van der Waals surface area contributed by atoms with Crippen molar-refractivity contribution in [3.05, 3.63) is 35.9 Å². The highest BCUT2D eigenvalue weighted by Crippen LogP contribution is 2.24. The second-order valence-corrected chi connectivity index (χ2v) is 4.70. The molecule has 0 spiro atoms. The summed E-state index contributed by atoms with van der Waals surface area (Å²) in [6, 6.07) is 8.75. The maximum absolute atomic E-state index is 5.54. The minimum absolute atomic E-state index is 0.465. The fourth-order valence-electron chi connectivity index (χ4n) is 2.27. The largest absolute Gasteiger partial charge is 0.403 e. The Morgan fingerprint density at radius 3 is 2.70 bits per heavy atom. The smallest absolute Gasteiger partial charge is 0.315 e. The second-order valence-electron chi connectivity index (χ2n) is 4.70. The fourth-order valence-corrected chi connectivity index (χ4v) is 2.27. The van der Waals surface area contributed by atoms with Crippen molar-refractivity contribution < 1.29 is 4.42 Å². The molecule has 0 saturated heterocycles. The first-order valence-corrected chi connectivity index (χ1v) is 6.95. The highest BCUT2D eigenvalue weighted by Gasteiger charge is 2.09. The zero-order valence-corrected chi connectivity index (χ0v) is 11.5.